The van der Waals surface area contributed by atoms with Gasteiger partial charge in [0.1, 0.15) is 5.60 Å². The number of nitrogens with zero attached hydrogens (tertiary/aromatic N) is 1. The first-order valence-electron chi connectivity index (χ1n) is 8.65. The number of hydrogen-bond donors (Lipinski definition) is 1. The second kappa shape index (κ2) is 7.64. The maximum absolute atomic E-state index is 11.8. The highest BCUT2D eigenvalue weighted by molar-refractivity contribution is 5.68. The molecule has 2 fully saturated rings. The lowest BCUT2D eigenvalue weighted by Gasteiger charge is -2.36. The summed E-state index contributed by atoms with van der Waals surface area (Å²) in [6.45, 7) is 7.64. The van der Waals surface area contributed by atoms with Crippen LogP contribution in [0.1, 0.15) is 59.3 Å². The second-order valence-corrected chi connectivity index (χ2v) is 7.73. The second-order valence-electron chi connectivity index (χ2n) is 7.73. The van der Waals surface area contributed by atoms with Crippen molar-refractivity contribution in [1.82, 2.24) is 10.2 Å². The Labute approximate surface area is 134 Å². The quantitative estimate of drug-likeness (QED) is 0.867. The van der Waals surface area contributed by atoms with Gasteiger partial charge in [-0.3, -0.25) is 0 Å². The highest BCUT2D eigenvalue weighted by Crippen LogP contribution is 2.24. The molecule has 22 heavy (non-hydrogen) atoms. The fourth-order valence-electron chi connectivity index (χ4n) is 3.39. The van der Waals surface area contributed by atoms with Gasteiger partial charge in [0.15, 0.2) is 0 Å². The standard InChI is InChI=1S/C17H32N2O3/c1-17(2,3)22-16(20)18-13-7-9-14(10-8-13)19(4)12-15-6-5-11-21-15/h13-15H,5-12H2,1-4H3,(H,18,20)/t13?,14?,15-/m1/s1. The fourth-order valence-corrected chi connectivity index (χ4v) is 3.39. The molecule has 1 aliphatic carbocycles. The summed E-state index contributed by atoms with van der Waals surface area (Å²) in [5, 5.41) is 3.00. The van der Waals surface area contributed by atoms with Crippen LogP contribution in [0.15, 0.2) is 0 Å². The lowest BCUT2D eigenvalue weighted by molar-refractivity contribution is 0.0449. The van der Waals surface area contributed by atoms with Gasteiger partial charge in [0, 0.05) is 25.2 Å². The van der Waals surface area contributed by atoms with Gasteiger partial charge in [-0.15, -0.1) is 0 Å². The average molecular weight is 312 g/mol. The van der Waals surface area contributed by atoms with Gasteiger partial charge in [-0.2, -0.15) is 0 Å². The van der Waals surface area contributed by atoms with Crippen molar-refractivity contribution in [2.24, 2.45) is 0 Å². The van der Waals surface area contributed by atoms with E-state index >= 15 is 0 Å². The molecule has 0 bridgehead atoms. The summed E-state index contributed by atoms with van der Waals surface area (Å²) in [5.41, 5.74) is -0.428. The molecule has 1 aliphatic heterocycles. The minimum atomic E-state index is -0.428. The van der Waals surface area contributed by atoms with Gasteiger partial charge in [0.2, 0.25) is 0 Å². The average Bonchev–Trinajstić information content (AvgIpc) is 2.90. The number of carbonyl (C=O) groups is 1. The molecule has 2 aliphatic rings. The van der Waals surface area contributed by atoms with E-state index in [4.69, 9.17) is 9.47 Å². The third-order valence-corrected chi connectivity index (χ3v) is 4.56. The van der Waals surface area contributed by atoms with Crippen LogP contribution in [0.4, 0.5) is 4.79 Å². The normalized spacial score (nSPS) is 29.6. The highest BCUT2D eigenvalue weighted by Gasteiger charge is 2.28. The third-order valence-electron chi connectivity index (χ3n) is 4.56. The molecule has 1 saturated carbocycles. The molecule has 1 amide bonds. The molecule has 0 spiro atoms. The van der Waals surface area contributed by atoms with Crippen LogP contribution in [-0.2, 0) is 9.47 Å². The third kappa shape index (κ3) is 5.76. The van der Waals surface area contributed by atoms with Crippen molar-refractivity contribution in [2.45, 2.75) is 83.1 Å². The van der Waals surface area contributed by atoms with Crippen molar-refractivity contribution in [2.75, 3.05) is 20.2 Å². The van der Waals surface area contributed by atoms with E-state index in [1.54, 1.807) is 0 Å². The summed E-state index contributed by atoms with van der Waals surface area (Å²) in [6, 6.07) is 0.864. The molecule has 5 heteroatoms. The largest absolute Gasteiger partial charge is 0.444 e. The van der Waals surface area contributed by atoms with Crippen molar-refractivity contribution < 1.29 is 14.3 Å². The molecule has 1 saturated heterocycles. The predicted molar refractivity (Wildman–Crippen MR) is 87.0 cm³/mol. The Morgan fingerprint density at radius 3 is 2.45 bits per heavy atom. The van der Waals surface area contributed by atoms with E-state index in [-0.39, 0.29) is 12.1 Å². The van der Waals surface area contributed by atoms with Crippen molar-refractivity contribution in [3.63, 3.8) is 0 Å². The van der Waals surface area contributed by atoms with Crippen molar-refractivity contribution >= 4 is 6.09 Å². The Balaban J connectivity index is 1.67. The predicted octanol–water partition coefficient (Wildman–Crippen LogP) is 2.93. The van der Waals surface area contributed by atoms with E-state index in [9.17, 15) is 4.79 Å². The maximum Gasteiger partial charge on any atom is 0.407 e. The Morgan fingerprint density at radius 1 is 1.23 bits per heavy atom. The van der Waals surface area contributed by atoms with Crippen LogP contribution in [0.25, 0.3) is 0 Å². The summed E-state index contributed by atoms with van der Waals surface area (Å²) in [4.78, 5) is 14.3. The van der Waals surface area contributed by atoms with E-state index in [1.165, 1.54) is 12.8 Å². The van der Waals surface area contributed by atoms with Crippen LogP contribution in [0.2, 0.25) is 0 Å². The molecule has 0 aromatic carbocycles. The zero-order chi connectivity index (χ0) is 16.2. The van der Waals surface area contributed by atoms with E-state index < -0.39 is 5.60 Å². The Kier molecular flexibility index (Phi) is 6.09. The zero-order valence-corrected chi connectivity index (χ0v) is 14.6. The first-order valence-corrected chi connectivity index (χ1v) is 8.65. The molecule has 0 unspecified atom stereocenters. The summed E-state index contributed by atoms with van der Waals surface area (Å²) in [6.07, 6.45) is 6.84. The Bertz CT molecular complexity index is 353. The van der Waals surface area contributed by atoms with Crippen LogP contribution in [-0.4, -0.2) is 55.0 Å². The van der Waals surface area contributed by atoms with Crippen LogP contribution in [0.3, 0.4) is 0 Å². The summed E-state index contributed by atoms with van der Waals surface area (Å²) < 4.78 is 11.0. The molecular formula is C17H32N2O3. The number of ether oxygens (including phenoxy) is 2. The van der Waals surface area contributed by atoms with Gasteiger partial charge in [-0.25, -0.2) is 4.79 Å². The molecule has 128 valence electrons. The number of carbonyl (C=O) groups excluding carboxylic acids is 1. The lowest BCUT2D eigenvalue weighted by atomic mass is 9.90. The molecule has 0 radical (unpaired) electrons. The van der Waals surface area contributed by atoms with Crippen molar-refractivity contribution in [3.8, 4) is 0 Å². The zero-order valence-electron chi connectivity index (χ0n) is 14.6. The first-order chi connectivity index (χ1) is 10.3. The molecule has 2 rings (SSSR count). The highest BCUT2D eigenvalue weighted by atomic mass is 16.6. The number of hydrogen-bond acceptors (Lipinski definition) is 4. The Hall–Kier alpha value is -0.810. The fraction of sp³-hybridized carbons (Fsp3) is 0.941. The van der Waals surface area contributed by atoms with E-state index in [1.807, 2.05) is 20.8 Å². The van der Waals surface area contributed by atoms with Crippen LogP contribution < -0.4 is 5.32 Å². The van der Waals surface area contributed by atoms with Gasteiger partial charge in [0.25, 0.3) is 0 Å². The van der Waals surface area contributed by atoms with E-state index in [0.29, 0.717) is 12.1 Å². The monoisotopic (exact) mass is 312 g/mol. The first kappa shape index (κ1) is 17.5. The van der Waals surface area contributed by atoms with Crippen LogP contribution in [0.5, 0.6) is 0 Å². The van der Waals surface area contributed by atoms with Gasteiger partial charge < -0.3 is 19.7 Å². The van der Waals surface area contributed by atoms with Gasteiger partial charge in [-0.05, 0) is 66.3 Å². The summed E-state index contributed by atoms with van der Waals surface area (Å²) >= 11 is 0. The van der Waals surface area contributed by atoms with Crippen LogP contribution in [0, 0.1) is 0 Å². The molecule has 1 atom stereocenters. The van der Waals surface area contributed by atoms with Crippen LogP contribution >= 0.6 is 0 Å². The summed E-state index contributed by atoms with van der Waals surface area (Å²) in [5.74, 6) is 0. The lowest BCUT2D eigenvalue weighted by Crippen LogP contribution is -2.45. The molecule has 0 aromatic heterocycles. The van der Waals surface area contributed by atoms with Crippen molar-refractivity contribution in [1.29, 1.82) is 0 Å². The van der Waals surface area contributed by atoms with Gasteiger partial charge in [0.05, 0.1) is 6.10 Å². The number of likely N-dealkylation sites (N-methyl/N-ethyl adjacent to an activating group) is 1. The number of amides is 1. The smallest absolute Gasteiger partial charge is 0.407 e. The molecule has 1 N–H and O–H groups in total. The van der Waals surface area contributed by atoms with E-state index in [2.05, 4.69) is 17.3 Å². The molecule has 1 heterocycles. The minimum absolute atomic E-state index is 0.252. The minimum Gasteiger partial charge on any atom is -0.444 e. The van der Waals surface area contributed by atoms with Crippen molar-refractivity contribution in [3.05, 3.63) is 0 Å². The number of rotatable bonds is 4. The molecule has 0 aromatic rings. The number of nitrogens with one attached hydrogen (secondary N) is 1. The molecule has 5 nitrogen and oxygen atoms in total. The van der Waals surface area contributed by atoms with Gasteiger partial charge in [-0.1, -0.05) is 0 Å². The maximum atomic E-state index is 11.8. The van der Waals surface area contributed by atoms with E-state index in [0.717, 1.165) is 38.8 Å². The Morgan fingerprint density at radius 2 is 1.91 bits per heavy atom. The van der Waals surface area contributed by atoms with Gasteiger partial charge >= 0.3 is 6.09 Å². The summed E-state index contributed by atoms with van der Waals surface area (Å²) in [7, 11) is 2.20. The number of alkyl carbamates (subject to hydrolysis) is 1. The molecular weight excluding hydrogens is 280 g/mol. The topological polar surface area (TPSA) is 50.8 Å². The SMILES string of the molecule is CN(C[C@H]1CCCO1)C1CCC(NC(=O)OC(C)(C)C)CC1.